The number of nitrogens with one attached hydrogen (secondary N) is 1. The highest BCUT2D eigenvalue weighted by Gasteiger charge is 2.36. The average Bonchev–Trinajstić information content (AvgIpc) is 3.17. The molecule has 0 bridgehead atoms. The Bertz CT molecular complexity index is 944. The van der Waals surface area contributed by atoms with Crippen molar-refractivity contribution in [3.05, 3.63) is 54.1 Å². The van der Waals surface area contributed by atoms with Crippen LogP contribution in [0.5, 0.6) is 11.5 Å². The van der Waals surface area contributed by atoms with Crippen LogP contribution in [0, 0.1) is 12.8 Å². The summed E-state index contributed by atoms with van der Waals surface area (Å²) in [5, 5.41) is 2.64. The number of rotatable bonds is 10. The lowest BCUT2D eigenvalue weighted by Gasteiger charge is -2.17. The molecule has 0 aliphatic carbocycles. The number of amides is 2. The Hall–Kier alpha value is -3.55. The van der Waals surface area contributed by atoms with Crippen LogP contribution in [0.1, 0.15) is 18.9 Å². The highest BCUT2D eigenvalue weighted by atomic mass is 16.5. The van der Waals surface area contributed by atoms with Gasteiger partial charge in [-0.25, -0.2) is 0 Å². The summed E-state index contributed by atoms with van der Waals surface area (Å²) in [7, 11) is 0. The summed E-state index contributed by atoms with van der Waals surface area (Å²) in [5.41, 5.74) is 1.78. The van der Waals surface area contributed by atoms with Gasteiger partial charge in [0.25, 0.3) is 5.91 Å². The second-order valence-corrected chi connectivity index (χ2v) is 7.45. The van der Waals surface area contributed by atoms with Gasteiger partial charge in [-0.05, 0) is 55.8 Å². The monoisotopic (exact) mass is 440 g/mol. The summed E-state index contributed by atoms with van der Waals surface area (Å²) in [4.78, 5) is 38.2. The molecule has 8 heteroatoms. The van der Waals surface area contributed by atoms with Crippen molar-refractivity contribution in [2.45, 2.75) is 20.3 Å². The molecule has 1 aliphatic rings. The van der Waals surface area contributed by atoms with E-state index < -0.39 is 24.4 Å². The summed E-state index contributed by atoms with van der Waals surface area (Å²) >= 11 is 0. The third-order valence-corrected chi connectivity index (χ3v) is 4.95. The number of carbonyl (C=O) groups excluding carboxylic acids is 3. The number of anilines is 1. The largest absolute Gasteiger partial charge is 0.494 e. The van der Waals surface area contributed by atoms with Crippen LogP contribution in [0.25, 0.3) is 0 Å². The Kier molecular flexibility index (Phi) is 8.08. The number of esters is 1. The first-order valence-electron chi connectivity index (χ1n) is 10.6. The lowest BCUT2D eigenvalue weighted by Crippen LogP contribution is -2.33. The first kappa shape index (κ1) is 23.1. The molecule has 0 aromatic heterocycles. The Morgan fingerprint density at radius 3 is 2.59 bits per heavy atom. The molecule has 170 valence electrons. The number of nitrogens with zero attached hydrogens (tertiary/aromatic N) is 1. The number of hydrogen-bond acceptors (Lipinski definition) is 6. The zero-order chi connectivity index (χ0) is 22.9. The Balaban J connectivity index is 1.38. The topological polar surface area (TPSA) is 94.2 Å². The molecule has 1 N–H and O–H groups in total. The van der Waals surface area contributed by atoms with Crippen molar-refractivity contribution >= 4 is 23.5 Å². The molecule has 1 heterocycles. The Morgan fingerprint density at radius 2 is 1.88 bits per heavy atom. The summed E-state index contributed by atoms with van der Waals surface area (Å²) in [6.07, 6.45) is 0.0536. The molecule has 8 nitrogen and oxygen atoms in total. The van der Waals surface area contributed by atoms with E-state index in [2.05, 4.69) is 5.32 Å². The molecule has 2 amide bonds. The third-order valence-electron chi connectivity index (χ3n) is 4.95. The number of carbonyl (C=O) groups is 3. The van der Waals surface area contributed by atoms with Crippen LogP contribution in [-0.2, 0) is 19.1 Å². The maximum absolute atomic E-state index is 12.3. The van der Waals surface area contributed by atoms with E-state index >= 15 is 0 Å². The second kappa shape index (κ2) is 11.2. The van der Waals surface area contributed by atoms with Crippen LogP contribution in [0.15, 0.2) is 48.5 Å². The average molecular weight is 440 g/mol. The van der Waals surface area contributed by atoms with E-state index in [0.717, 1.165) is 11.3 Å². The summed E-state index contributed by atoms with van der Waals surface area (Å²) in [6.45, 7) is 4.85. The molecule has 0 saturated carbocycles. The number of hydrogen-bond donors (Lipinski definition) is 1. The fourth-order valence-electron chi connectivity index (χ4n) is 3.37. The SMILES string of the molecule is CCOc1ccc(N2CC(C(=O)OCC(=O)NCCOc3cccc(C)c3)CC2=O)cc1. The van der Waals surface area contributed by atoms with Gasteiger partial charge in [0.1, 0.15) is 18.1 Å². The van der Waals surface area contributed by atoms with Gasteiger partial charge in [0.05, 0.1) is 19.1 Å². The molecule has 1 atom stereocenters. The molecule has 1 unspecified atom stereocenters. The smallest absolute Gasteiger partial charge is 0.311 e. The van der Waals surface area contributed by atoms with E-state index in [1.165, 1.54) is 0 Å². The van der Waals surface area contributed by atoms with Gasteiger partial charge in [-0.15, -0.1) is 0 Å². The molecule has 32 heavy (non-hydrogen) atoms. The van der Waals surface area contributed by atoms with Gasteiger partial charge in [-0.3, -0.25) is 14.4 Å². The zero-order valence-corrected chi connectivity index (χ0v) is 18.3. The lowest BCUT2D eigenvalue weighted by molar-refractivity contribution is -0.152. The van der Waals surface area contributed by atoms with Crippen LogP contribution in [0.3, 0.4) is 0 Å². The molecule has 0 radical (unpaired) electrons. The third kappa shape index (κ3) is 6.47. The van der Waals surface area contributed by atoms with E-state index in [1.807, 2.05) is 38.1 Å². The molecule has 1 fully saturated rings. The van der Waals surface area contributed by atoms with Crippen LogP contribution < -0.4 is 19.7 Å². The maximum Gasteiger partial charge on any atom is 0.311 e. The number of aryl methyl sites for hydroxylation is 1. The van der Waals surface area contributed by atoms with Gasteiger partial charge in [0.15, 0.2) is 6.61 Å². The van der Waals surface area contributed by atoms with E-state index in [1.54, 1.807) is 29.2 Å². The van der Waals surface area contributed by atoms with E-state index in [0.29, 0.717) is 24.7 Å². The molecular weight excluding hydrogens is 412 g/mol. The fraction of sp³-hybridized carbons (Fsp3) is 0.375. The minimum absolute atomic E-state index is 0.0536. The normalized spacial score (nSPS) is 15.4. The molecule has 3 rings (SSSR count). The van der Waals surface area contributed by atoms with Gasteiger partial charge < -0.3 is 24.4 Å². The van der Waals surface area contributed by atoms with Crippen LogP contribution in [0.2, 0.25) is 0 Å². The number of ether oxygens (including phenoxy) is 3. The van der Waals surface area contributed by atoms with Crippen LogP contribution in [0.4, 0.5) is 5.69 Å². The van der Waals surface area contributed by atoms with Gasteiger partial charge in [-0.1, -0.05) is 12.1 Å². The minimum atomic E-state index is -0.605. The Morgan fingerprint density at radius 1 is 1.09 bits per heavy atom. The first-order chi connectivity index (χ1) is 15.5. The first-order valence-corrected chi connectivity index (χ1v) is 10.6. The lowest BCUT2D eigenvalue weighted by atomic mass is 10.1. The maximum atomic E-state index is 12.3. The fourth-order valence-corrected chi connectivity index (χ4v) is 3.37. The van der Waals surface area contributed by atoms with Crippen LogP contribution >= 0.6 is 0 Å². The van der Waals surface area contributed by atoms with E-state index in [-0.39, 0.29) is 25.4 Å². The molecule has 1 saturated heterocycles. The van der Waals surface area contributed by atoms with Crippen molar-refractivity contribution < 1.29 is 28.6 Å². The van der Waals surface area contributed by atoms with E-state index in [9.17, 15) is 14.4 Å². The quantitative estimate of drug-likeness (QED) is 0.451. The summed E-state index contributed by atoms with van der Waals surface area (Å²) in [5.74, 6) is -0.292. The van der Waals surface area contributed by atoms with Crippen molar-refractivity contribution in [1.82, 2.24) is 5.32 Å². The summed E-state index contributed by atoms with van der Waals surface area (Å²) < 4.78 is 16.1. The minimum Gasteiger partial charge on any atom is -0.494 e. The van der Waals surface area contributed by atoms with Crippen molar-refractivity contribution in [2.75, 3.05) is 37.8 Å². The van der Waals surface area contributed by atoms with Crippen LogP contribution in [-0.4, -0.2) is 50.7 Å². The zero-order valence-electron chi connectivity index (χ0n) is 18.3. The predicted molar refractivity (Wildman–Crippen MR) is 119 cm³/mol. The van der Waals surface area contributed by atoms with E-state index in [4.69, 9.17) is 14.2 Å². The van der Waals surface area contributed by atoms with Crippen molar-refractivity contribution in [2.24, 2.45) is 5.92 Å². The molecule has 1 aliphatic heterocycles. The Labute approximate surface area is 187 Å². The molecular formula is C24H28N2O6. The highest BCUT2D eigenvalue weighted by molar-refractivity contribution is 5.99. The number of benzene rings is 2. The standard InChI is InChI=1S/C24H28N2O6/c1-3-30-20-9-7-19(8-10-20)26-15-18(14-23(26)28)24(29)32-16-22(27)25-11-12-31-21-6-4-5-17(2)13-21/h4-10,13,18H,3,11-12,14-16H2,1-2H3,(H,25,27). The highest BCUT2D eigenvalue weighted by Crippen LogP contribution is 2.27. The second-order valence-electron chi connectivity index (χ2n) is 7.45. The molecule has 2 aromatic rings. The summed E-state index contributed by atoms with van der Waals surface area (Å²) in [6, 6.07) is 14.7. The van der Waals surface area contributed by atoms with Gasteiger partial charge in [-0.2, -0.15) is 0 Å². The van der Waals surface area contributed by atoms with Crippen molar-refractivity contribution in [3.63, 3.8) is 0 Å². The van der Waals surface area contributed by atoms with Gasteiger partial charge in [0, 0.05) is 18.7 Å². The predicted octanol–water partition coefficient (Wildman–Crippen LogP) is 2.49. The molecule has 2 aromatic carbocycles. The van der Waals surface area contributed by atoms with Crippen molar-refractivity contribution in [1.29, 1.82) is 0 Å². The van der Waals surface area contributed by atoms with Gasteiger partial charge in [0.2, 0.25) is 5.91 Å². The van der Waals surface area contributed by atoms with Gasteiger partial charge >= 0.3 is 5.97 Å². The van der Waals surface area contributed by atoms with Crippen molar-refractivity contribution in [3.8, 4) is 11.5 Å². The molecule has 0 spiro atoms.